The van der Waals surface area contributed by atoms with Crippen LogP contribution in [0.25, 0.3) is 0 Å². The van der Waals surface area contributed by atoms with Gasteiger partial charge in [-0.05, 0) is 48.7 Å². The van der Waals surface area contributed by atoms with E-state index in [2.05, 4.69) is 11.4 Å². The summed E-state index contributed by atoms with van der Waals surface area (Å²) in [5.41, 5.74) is 3.15. The largest absolute Gasteiger partial charge is 0.354 e. The lowest BCUT2D eigenvalue weighted by atomic mass is 10.0. The molecule has 3 rings (SSSR count). The monoisotopic (exact) mass is 494 g/mol. The first kappa shape index (κ1) is 25.9. The fraction of sp³-hybridized carbons (Fsp3) is 0.286. The molecule has 3 aromatic carbocycles. The lowest BCUT2D eigenvalue weighted by Gasteiger charge is -2.31. The second-order valence-corrected chi connectivity index (χ2v) is 9.74. The van der Waals surface area contributed by atoms with Crippen molar-refractivity contribution in [3.05, 3.63) is 101 Å². The Bertz CT molecular complexity index is 1070. The summed E-state index contributed by atoms with van der Waals surface area (Å²) < 4.78 is 0. The molecule has 0 aliphatic carbocycles. The molecule has 1 atom stereocenters. The third-order valence-electron chi connectivity index (χ3n) is 5.43. The third kappa shape index (κ3) is 7.93. The molecule has 0 aliphatic heterocycles. The van der Waals surface area contributed by atoms with E-state index in [9.17, 15) is 9.59 Å². The van der Waals surface area contributed by atoms with E-state index >= 15 is 0 Å². The molecule has 4 nitrogen and oxygen atoms in total. The summed E-state index contributed by atoms with van der Waals surface area (Å²) in [5, 5.41) is 3.67. The van der Waals surface area contributed by atoms with E-state index < -0.39 is 6.04 Å². The van der Waals surface area contributed by atoms with Crippen molar-refractivity contribution in [2.75, 3.05) is 12.3 Å². The fourth-order valence-electron chi connectivity index (χ4n) is 3.69. The molecular formula is C28H31ClN2O2S. The first-order valence-electron chi connectivity index (χ1n) is 11.5. The van der Waals surface area contributed by atoms with Gasteiger partial charge in [0.05, 0.1) is 5.75 Å². The van der Waals surface area contributed by atoms with Crippen molar-refractivity contribution in [2.45, 2.75) is 44.2 Å². The molecule has 0 radical (unpaired) electrons. The smallest absolute Gasteiger partial charge is 0.243 e. The van der Waals surface area contributed by atoms with Gasteiger partial charge in [-0.3, -0.25) is 9.59 Å². The number of nitrogens with zero attached hydrogens (tertiary/aromatic N) is 1. The standard InChI is InChI=1S/C28H31ClN2O2S/c1-3-16-30-28(33)26(18-22-9-5-4-6-10-22)31(19-23-11-7-8-21(2)17-23)27(32)20-34-25-14-12-24(29)13-15-25/h4-15,17,26H,3,16,18-20H2,1-2H3,(H,30,33)/t26-/m0/s1. The number of thioether (sulfide) groups is 1. The highest BCUT2D eigenvalue weighted by Gasteiger charge is 2.30. The van der Waals surface area contributed by atoms with Gasteiger partial charge in [-0.2, -0.15) is 0 Å². The average Bonchev–Trinajstić information content (AvgIpc) is 2.85. The Morgan fingerprint density at radius 2 is 1.68 bits per heavy atom. The molecule has 3 aromatic rings. The molecule has 6 heteroatoms. The Morgan fingerprint density at radius 3 is 2.35 bits per heavy atom. The highest BCUT2D eigenvalue weighted by atomic mass is 35.5. The van der Waals surface area contributed by atoms with Gasteiger partial charge < -0.3 is 10.2 Å². The van der Waals surface area contributed by atoms with Crippen LogP contribution >= 0.6 is 23.4 Å². The number of carbonyl (C=O) groups is 2. The molecule has 2 amide bonds. The van der Waals surface area contributed by atoms with Gasteiger partial charge in [-0.15, -0.1) is 11.8 Å². The summed E-state index contributed by atoms with van der Waals surface area (Å²) in [6.07, 6.45) is 1.29. The molecule has 0 bridgehead atoms. The molecule has 0 saturated heterocycles. The van der Waals surface area contributed by atoms with Crippen LogP contribution < -0.4 is 5.32 Å². The first-order valence-corrected chi connectivity index (χ1v) is 12.9. The van der Waals surface area contributed by atoms with Crippen molar-refractivity contribution in [2.24, 2.45) is 0 Å². The van der Waals surface area contributed by atoms with Crippen molar-refractivity contribution in [1.29, 1.82) is 0 Å². The first-order chi connectivity index (χ1) is 16.5. The van der Waals surface area contributed by atoms with Crippen LogP contribution in [0, 0.1) is 6.92 Å². The number of hydrogen-bond acceptors (Lipinski definition) is 3. The van der Waals surface area contributed by atoms with Gasteiger partial charge in [0, 0.05) is 29.4 Å². The fourth-order valence-corrected chi connectivity index (χ4v) is 4.60. The number of benzene rings is 3. The second kappa shape index (κ2) is 13.2. The molecule has 0 aromatic heterocycles. The molecule has 0 heterocycles. The van der Waals surface area contributed by atoms with E-state index in [1.54, 1.807) is 4.90 Å². The molecule has 0 fully saturated rings. The Balaban J connectivity index is 1.88. The molecule has 178 valence electrons. The molecule has 0 aliphatic rings. The number of aryl methyl sites for hydroxylation is 1. The number of rotatable bonds is 11. The maximum atomic E-state index is 13.6. The van der Waals surface area contributed by atoms with Gasteiger partial charge >= 0.3 is 0 Å². The van der Waals surface area contributed by atoms with Crippen LogP contribution in [-0.4, -0.2) is 35.1 Å². The van der Waals surface area contributed by atoms with Gasteiger partial charge in [0.25, 0.3) is 0 Å². The number of hydrogen-bond donors (Lipinski definition) is 1. The minimum Gasteiger partial charge on any atom is -0.354 e. The summed E-state index contributed by atoms with van der Waals surface area (Å²) in [4.78, 5) is 29.6. The number of nitrogens with one attached hydrogen (secondary N) is 1. The summed E-state index contributed by atoms with van der Waals surface area (Å²) in [6.45, 7) is 5.00. The molecule has 0 unspecified atom stereocenters. The topological polar surface area (TPSA) is 49.4 Å². The summed E-state index contributed by atoms with van der Waals surface area (Å²) in [5.74, 6) is 0.0389. The van der Waals surface area contributed by atoms with Crippen LogP contribution in [0.4, 0.5) is 0 Å². The summed E-state index contributed by atoms with van der Waals surface area (Å²) >= 11 is 7.45. The quantitative estimate of drug-likeness (QED) is 0.337. The van der Waals surface area contributed by atoms with Crippen LogP contribution in [-0.2, 0) is 22.6 Å². The number of carbonyl (C=O) groups excluding carboxylic acids is 2. The number of amides is 2. The van der Waals surface area contributed by atoms with Crippen molar-refractivity contribution in [1.82, 2.24) is 10.2 Å². The minimum atomic E-state index is -0.604. The second-order valence-electron chi connectivity index (χ2n) is 8.25. The minimum absolute atomic E-state index is 0.0750. The van der Waals surface area contributed by atoms with Gasteiger partial charge in [0.15, 0.2) is 0 Å². The predicted molar refractivity (Wildman–Crippen MR) is 141 cm³/mol. The van der Waals surface area contributed by atoms with Crippen molar-refractivity contribution in [3.8, 4) is 0 Å². The molecule has 1 N–H and O–H groups in total. The Kier molecular flexibility index (Phi) is 10.0. The Morgan fingerprint density at radius 1 is 0.971 bits per heavy atom. The van der Waals surface area contributed by atoms with E-state index in [-0.39, 0.29) is 17.6 Å². The zero-order valence-corrected chi connectivity index (χ0v) is 21.2. The van der Waals surface area contributed by atoms with E-state index in [4.69, 9.17) is 11.6 Å². The molecule has 0 spiro atoms. The SMILES string of the molecule is CCCNC(=O)[C@H](Cc1ccccc1)N(Cc1cccc(C)c1)C(=O)CSc1ccc(Cl)cc1. The molecule has 0 saturated carbocycles. The van der Waals surface area contributed by atoms with E-state index in [0.29, 0.717) is 24.5 Å². The maximum Gasteiger partial charge on any atom is 0.243 e. The molecule has 34 heavy (non-hydrogen) atoms. The van der Waals surface area contributed by atoms with Gasteiger partial charge in [-0.25, -0.2) is 0 Å². The van der Waals surface area contributed by atoms with E-state index in [0.717, 1.165) is 28.0 Å². The normalized spacial score (nSPS) is 11.6. The third-order valence-corrected chi connectivity index (χ3v) is 6.68. The Labute approximate surface area is 211 Å². The van der Waals surface area contributed by atoms with E-state index in [1.807, 2.05) is 86.6 Å². The van der Waals surface area contributed by atoms with Gasteiger partial charge in [0.1, 0.15) is 6.04 Å². The summed E-state index contributed by atoms with van der Waals surface area (Å²) in [6, 6.07) is 24.8. The van der Waals surface area contributed by atoms with Crippen molar-refractivity contribution in [3.63, 3.8) is 0 Å². The lowest BCUT2D eigenvalue weighted by Crippen LogP contribution is -2.51. The lowest BCUT2D eigenvalue weighted by molar-refractivity contribution is -0.139. The van der Waals surface area contributed by atoms with Crippen molar-refractivity contribution < 1.29 is 9.59 Å². The van der Waals surface area contributed by atoms with Crippen LogP contribution in [0.2, 0.25) is 5.02 Å². The van der Waals surface area contributed by atoms with Crippen LogP contribution in [0.15, 0.2) is 83.8 Å². The van der Waals surface area contributed by atoms with Crippen LogP contribution in [0.3, 0.4) is 0 Å². The zero-order valence-electron chi connectivity index (χ0n) is 19.7. The number of halogens is 1. The predicted octanol–water partition coefficient (Wildman–Crippen LogP) is 5.91. The average molecular weight is 495 g/mol. The Hall–Kier alpha value is -2.76. The van der Waals surface area contributed by atoms with Gasteiger partial charge in [0.2, 0.25) is 11.8 Å². The van der Waals surface area contributed by atoms with Gasteiger partial charge in [-0.1, -0.05) is 78.7 Å². The maximum absolute atomic E-state index is 13.6. The van der Waals surface area contributed by atoms with Crippen LogP contribution in [0.1, 0.15) is 30.0 Å². The van der Waals surface area contributed by atoms with Crippen molar-refractivity contribution >= 4 is 35.2 Å². The highest BCUT2D eigenvalue weighted by molar-refractivity contribution is 8.00. The highest BCUT2D eigenvalue weighted by Crippen LogP contribution is 2.23. The zero-order chi connectivity index (χ0) is 24.3. The summed E-state index contributed by atoms with van der Waals surface area (Å²) in [7, 11) is 0. The van der Waals surface area contributed by atoms with Crippen LogP contribution in [0.5, 0.6) is 0 Å². The van der Waals surface area contributed by atoms with E-state index in [1.165, 1.54) is 11.8 Å². The molecular weight excluding hydrogens is 464 g/mol.